The van der Waals surface area contributed by atoms with Gasteiger partial charge in [0, 0.05) is 17.1 Å². The van der Waals surface area contributed by atoms with Crippen LogP contribution >= 0.6 is 11.8 Å². The maximum atomic E-state index is 13.5. The van der Waals surface area contributed by atoms with E-state index in [1.54, 1.807) is 36.0 Å². The second kappa shape index (κ2) is 7.70. The molecule has 0 saturated carbocycles. The molecule has 1 atom stereocenters. The van der Waals surface area contributed by atoms with E-state index in [1.165, 1.54) is 18.2 Å². The first-order chi connectivity index (χ1) is 12.0. The molecule has 0 radical (unpaired) electrons. The van der Waals surface area contributed by atoms with Crippen LogP contribution in [-0.2, 0) is 11.2 Å². The molecular weight excluding hydrogens is 341 g/mol. The number of halogens is 1. The minimum atomic E-state index is -0.996. The van der Waals surface area contributed by atoms with Crippen molar-refractivity contribution in [2.75, 3.05) is 5.75 Å². The molecule has 2 aromatic carbocycles. The van der Waals surface area contributed by atoms with Gasteiger partial charge in [0.05, 0.1) is 11.6 Å². The zero-order chi connectivity index (χ0) is 17.8. The fraction of sp³-hybridized carbons (Fsp3) is 0.263. The van der Waals surface area contributed by atoms with Crippen LogP contribution in [0.4, 0.5) is 4.39 Å². The molecule has 0 bridgehead atoms. The molecule has 0 fully saturated rings. The second-order valence-electron chi connectivity index (χ2n) is 5.90. The average molecular weight is 359 g/mol. The monoisotopic (exact) mass is 359 g/mol. The summed E-state index contributed by atoms with van der Waals surface area (Å²) in [6, 6.07) is 11.1. The summed E-state index contributed by atoms with van der Waals surface area (Å²) in [6.45, 7) is 0. The van der Waals surface area contributed by atoms with Crippen LogP contribution in [-0.4, -0.2) is 22.7 Å². The van der Waals surface area contributed by atoms with Crippen LogP contribution in [0.25, 0.3) is 0 Å². The number of benzene rings is 2. The number of nitrogens with one attached hydrogen (secondary N) is 1. The van der Waals surface area contributed by atoms with E-state index in [-0.39, 0.29) is 29.8 Å². The van der Waals surface area contributed by atoms with Crippen molar-refractivity contribution in [2.24, 2.45) is 0 Å². The molecule has 130 valence electrons. The van der Waals surface area contributed by atoms with Crippen LogP contribution < -0.4 is 5.32 Å². The van der Waals surface area contributed by atoms with Gasteiger partial charge in [-0.3, -0.25) is 4.79 Å². The minimum absolute atomic E-state index is 0.160. The van der Waals surface area contributed by atoms with E-state index in [0.29, 0.717) is 12.0 Å². The molecule has 0 aromatic heterocycles. The van der Waals surface area contributed by atoms with Gasteiger partial charge in [-0.2, -0.15) is 0 Å². The first-order valence-corrected chi connectivity index (χ1v) is 9.06. The SMILES string of the molecule is O=C(CCc1ccccc1C(=O)O)NC1CCSc2ccc(F)cc21. The first-order valence-electron chi connectivity index (χ1n) is 8.07. The highest BCUT2D eigenvalue weighted by atomic mass is 32.2. The molecule has 2 N–H and O–H groups in total. The van der Waals surface area contributed by atoms with Gasteiger partial charge in [-0.1, -0.05) is 18.2 Å². The maximum Gasteiger partial charge on any atom is 0.335 e. The quantitative estimate of drug-likeness (QED) is 0.852. The smallest absolute Gasteiger partial charge is 0.335 e. The van der Waals surface area contributed by atoms with Crippen molar-refractivity contribution in [2.45, 2.75) is 30.2 Å². The number of fused-ring (bicyclic) bond motifs is 1. The number of rotatable bonds is 5. The van der Waals surface area contributed by atoms with Gasteiger partial charge in [0.1, 0.15) is 5.82 Å². The summed E-state index contributed by atoms with van der Waals surface area (Å²) < 4.78 is 13.5. The highest BCUT2D eigenvalue weighted by Gasteiger charge is 2.23. The van der Waals surface area contributed by atoms with Crippen LogP contribution in [0.3, 0.4) is 0 Å². The predicted octanol–water partition coefficient (Wildman–Crippen LogP) is 3.81. The Morgan fingerprint density at radius 2 is 2.04 bits per heavy atom. The topological polar surface area (TPSA) is 66.4 Å². The number of hydrogen-bond acceptors (Lipinski definition) is 3. The number of aromatic carboxylic acids is 1. The molecule has 4 nitrogen and oxygen atoms in total. The molecule has 1 aliphatic rings. The fourth-order valence-electron chi connectivity index (χ4n) is 2.98. The van der Waals surface area contributed by atoms with Gasteiger partial charge in [-0.25, -0.2) is 9.18 Å². The van der Waals surface area contributed by atoms with Gasteiger partial charge >= 0.3 is 5.97 Å². The molecule has 1 amide bonds. The Labute approximate surface area is 149 Å². The van der Waals surface area contributed by atoms with Crippen molar-refractivity contribution in [3.05, 3.63) is 65.0 Å². The summed E-state index contributed by atoms with van der Waals surface area (Å²) in [5.74, 6) is -0.598. The zero-order valence-electron chi connectivity index (χ0n) is 13.5. The molecule has 0 saturated heterocycles. The van der Waals surface area contributed by atoms with E-state index in [2.05, 4.69) is 5.32 Å². The second-order valence-corrected chi connectivity index (χ2v) is 7.04. The van der Waals surface area contributed by atoms with E-state index in [4.69, 9.17) is 0 Å². The van der Waals surface area contributed by atoms with E-state index in [9.17, 15) is 19.1 Å². The van der Waals surface area contributed by atoms with Crippen LogP contribution in [0.1, 0.15) is 40.4 Å². The van der Waals surface area contributed by atoms with Gasteiger partial charge < -0.3 is 10.4 Å². The zero-order valence-corrected chi connectivity index (χ0v) is 14.3. The molecule has 0 aliphatic carbocycles. The number of aryl methyl sites for hydroxylation is 1. The highest BCUT2D eigenvalue weighted by molar-refractivity contribution is 7.99. The van der Waals surface area contributed by atoms with E-state index < -0.39 is 5.97 Å². The summed E-state index contributed by atoms with van der Waals surface area (Å²) >= 11 is 1.66. The van der Waals surface area contributed by atoms with Crippen molar-refractivity contribution in [3.8, 4) is 0 Å². The van der Waals surface area contributed by atoms with Gasteiger partial charge in [0.15, 0.2) is 0 Å². The predicted molar refractivity (Wildman–Crippen MR) is 94.3 cm³/mol. The van der Waals surface area contributed by atoms with Crippen molar-refractivity contribution in [3.63, 3.8) is 0 Å². The van der Waals surface area contributed by atoms with Crippen LogP contribution in [0.5, 0.6) is 0 Å². The lowest BCUT2D eigenvalue weighted by atomic mass is 10.0. The Morgan fingerprint density at radius 1 is 1.24 bits per heavy atom. The molecule has 2 aromatic rings. The Morgan fingerprint density at radius 3 is 2.84 bits per heavy atom. The summed E-state index contributed by atoms with van der Waals surface area (Å²) in [6.07, 6.45) is 1.29. The Kier molecular flexibility index (Phi) is 5.38. The van der Waals surface area contributed by atoms with E-state index >= 15 is 0 Å². The van der Waals surface area contributed by atoms with Gasteiger partial charge in [-0.05, 0) is 48.2 Å². The molecular formula is C19H18FNO3S. The largest absolute Gasteiger partial charge is 0.478 e. The number of carboxylic acid groups (broad SMARTS) is 1. The molecule has 0 spiro atoms. The lowest BCUT2D eigenvalue weighted by Crippen LogP contribution is -2.31. The van der Waals surface area contributed by atoms with Crippen LogP contribution in [0.15, 0.2) is 47.4 Å². The minimum Gasteiger partial charge on any atom is -0.478 e. The number of carbonyl (C=O) groups excluding carboxylic acids is 1. The average Bonchev–Trinajstić information content (AvgIpc) is 2.60. The van der Waals surface area contributed by atoms with Crippen molar-refractivity contribution in [1.82, 2.24) is 5.32 Å². The van der Waals surface area contributed by atoms with Gasteiger partial charge in [0.25, 0.3) is 0 Å². The van der Waals surface area contributed by atoms with Gasteiger partial charge in [0.2, 0.25) is 5.91 Å². The third kappa shape index (κ3) is 4.20. The lowest BCUT2D eigenvalue weighted by Gasteiger charge is -2.26. The van der Waals surface area contributed by atoms with Crippen molar-refractivity contribution in [1.29, 1.82) is 0 Å². The summed E-state index contributed by atoms with van der Waals surface area (Å²) in [5.41, 5.74) is 1.67. The number of amides is 1. The summed E-state index contributed by atoms with van der Waals surface area (Å²) in [7, 11) is 0. The number of carbonyl (C=O) groups is 2. The molecule has 25 heavy (non-hydrogen) atoms. The number of carboxylic acids is 1. The molecule has 3 rings (SSSR count). The Balaban J connectivity index is 1.65. The van der Waals surface area contributed by atoms with Crippen LogP contribution in [0.2, 0.25) is 0 Å². The Hall–Kier alpha value is -2.34. The van der Waals surface area contributed by atoms with Crippen molar-refractivity contribution < 1.29 is 19.1 Å². The first kappa shape index (κ1) is 17.5. The summed E-state index contributed by atoms with van der Waals surface area (Å²) in [4.78, 5) is 24.5. The van der Waals surface area contributed by atoms with Crippen molar-refractivity contribution >= 4 is 23.6 Å². The van der Waals surface area contributed by atoms with E-state index in [0.717, 1.165) is 22.6 Å². The van der Waals surface area contributed by atoms with Crippen LogP contribution in [0, 0.1) is 5.82 Å². The summed E-state index contributed by atoms with van der Waals surface area (Å²) in [5, 5.41) is 12.1. The number of thioether (sulfide) groups is 1. The molecule has 1 heterocycles. The normalized spacial score (nSPS) is 16.1. The molecule has 1 aliphatic heterocycles. The number of hydrogen-bond donors (Lipinski definition) is 2. The third-order valence-corrected chi connectivity index (χ3v) is 5.34. The van der Waals surface area contributed by atoms with Gasteiger partial charge in [-0.15, -0.1) is 11.8 Å². The lowest BCUT2D eigenvalue weighted by molar-refractivity contribution is -0.121. The Bertz CT molecular complexity index is 809. The standard InChI is InChI=1S/C19H18FNO3S/c20-13-6-7-17-15(11-13)16(9-10-25-17)21-18(22)8-5-12-3-1-2-4-14(12)19(23)24/h1-4,6-7,11,16H,5,8-10H2,(H,21,22)(H,23,24). The molecule has 6 heteroatoms. The fourth-order valence-corrected chi connectivity index (χ4v) is 4.08. The molecule has 1 unspecified atom stereocenters. The van der Waals surface area contributed by atoms with E-state index in [1.807, 2.05) is 0 Å². The maximum absolute atomic E-state index is 13.5. The highest BCUT2D eigenvalue weighted by Crippen LogP contribution is 2.36. The third-order valence-electron chi connectivity index (χ3n) is 4.22.